The van der Waals surface area contributed by atoms with Crippen LogP contribution < -0.4 is 10.1 Å². The topological polar surface area (TPSA) is 71.5 Å². The number of pyridine rings is 1. The summed E-state index contributed by atoms with van der Waals surface area (Å²) in [7, 11) is 0. The van der Waals surface area contributed by atoms with Gasteiger partial charge in [0.05, 0.1) is 6.04 Å². The van der Waals surface area contributed by atoms with Gasteiger partial charge in [0.2, 0.25) is 5.91 Å². The second kappa shape index (κ2) is 12.4. The summed E-state index contributed by atoms with van der Waals surface area (Å²) in [4.78, 5) is 32.8. The van der Waals surface area contributed by atoms with Crippen molar-refractivity contribution in [1.82, 2.24) is 15.2 Å². The van der Waals surface area contributed by atoms with E-state index in [-0.39, 0.29) is 29.6 Å². The normalized spacial score (nSPS) is 17.9. The van der Waals surface area contributed by atoms with Crippen LogP contribution in [-0.4, -0.2) is 40.9 Å². The summed E-state index contributed by atoms with van der Waals surface area (Å²) in [6, 6.07) is 17.7. The summed E-state index contributed by atoms with van der Waals surface area (Å²) in [5.41, 5.74) is 3.91. The highest BCUT2D eigenvalue weighted by Gasteiger charge is 2.36. The number of nitrogens with one attached hydrogen (secondary N) is 1. The SMILES string of the molecule is CC[C@@H](Oc1ccc2c(c1)[C@H](c1ccc(F)cc1)N(C(=O)C1CCCC1)CC2)C(=O)NCCc1ccccn1. The molecule has 0 unspecified atom stereocenters. The van der Waals surface area contributed by atoms with Crippen LogP contribution in [-0.2, 0) is 22.4 Å². The van der Waals surface area contributed by atoms with E-state index in [1.165, 1.54) is 12.1 Å². The fraction of sp³-hybridized carbons (Fsp3) is 0.406. The lowest BCUT2D eigenvalue weighted by Gasteiger charge is -2.39. The molecule has 0 radical (unpaired) electrons. The lowest BCUT2D eigenvalue weighted by Crippen LogP contribution is -2.43. The fourth-order valence-corrected chi connectivity index (χ4v) is 5.78. The van der Waals surface area contributed by atoms with E-state index >= 15 is 0 Å². The van der Waals surface area contributed by atoms with Crippen LogP contribution in [0.5, 0.6) is 5.75 Å². The van der Waals surface area contributed by atoms with Gasteiger partial charge in [0.15, 0.2) is 6.10 Å². The van der Waals surface area contributed by atoms with Gasteiger partial charge in [-0.2, -0.15) is 0 Å². The van der Waals surface area contributed by atoms with E-state index in [2.05, 4.69) is 10.3 Å². The number of fused-ring (bicyclic) bond motifs is 1. The van der Waals surface area contributed by atoms with Gasteiger partial charge >= 0.3 is 0 Å². The average molecular weight is 530 g/mol. The second-order valence-corrected chi connectivity index (χ2v) is 10.5. The molecule has 2 heterocycles. The van der Waals surface area contributed by atoms with Gasteiger partial charge < -0.3 is 15.0 Å². The first-order valence-corrected chi connectivity index (χ1v) is 14.1. The number of amides is 2. The number of halogens is 1. The fourth-order valence-electron chi connectivity index (χ4n) is 5.78. The number of rotatable bonds is 9. The maximum absolute atomic E-state index is 13.8. The van der Waals surface area contributed by atoms with Crippen LogP contribution in [0.3, 0.4) is 0 Å². The van der Waals surface area contributed by atoms with Crippen molar-refractivity contribution >= 4 is 11.8 Å². The molecular weight excluding hydrogens is 493 g/mol. The molecule has 6 nitrogen and oxygen atoms in total. The number of carbonyl (C=O) groups excluding carboxylic acids is 2. The summed E-state index contributed by atoms with van der Waals surface area (Å²) in [5.74, 6) is 0.341. The average Bonchev–Trinajstić information content (AvgIpc) is 3.51. The van der Waals surface area contributed by atoms with Crippen molar-refractivity contribution in [3.05, 3.63) is 95.1 Å². The number of ether oxygens (including phenoxy) is 1. The monoisotopic (exact) mass is 529 g/mol. The predicted octanol–water partition coefficient (Wildman–Crippen LogP) is 5.40. The van der Waals surface area contributed by atoms with Gasteiger partial charge in [0.1, 0.15) is 11.6 Å². The van der Waals surface area contributed by atoms with Crippen molar-refractivity contribution < 1.29 is 18.7 Å². The molecule has 2 amide bonds. The largest absolute Gasteiger partial charge is 0.481 e. The lowest BCUT2D eigenvalue weighted by molar-refractivity contribution is -0.137. The lowest BCUT2D eigenvalue weighted by atomic mass is 9.87. The van der Waals surface area contributed by atoms with E-state index < -0.39 is 6.10 Å². The minimum absolute atomic E-state index is 0.0492. The molecule has 0 saturated heterocycles. The van der Waals surface area contributed by atoms with Crippen LogP contribution in [0.25, 0.3) is 0 Å². The van der Waals surface area contributed by atoms with Crippen LogP contribution >= 0.6 is 0 Å². The molecule has 5 rings (SSSR count). The van der Waals surface area contributed by atoms with Gasteiger partial charge in [0.25, 0.3) is 5.91 Å². The molecule has 2 aromatic carbocycles. The van der Waals surface area contributed by atoms with E-state index in [1.54, 1.807) is 18.3 Å². The molecule has 1 N–H and O–H groups in total. The van der Waals surface area contributed by atoms with Gasteiger partial charge in [-0.15, -0.1) is 0 Å². The summed E-state index contributed by atoms with van der Waals surface area (Å²) in [5, 5.41) is 2.97. The Morgan fingerprint density at radius 1 is 1.10 bits per heavy atom. The maximum atomic E-state index is 13.8. The van der Waals surface area contributed by atoms with E-state index in [0.29, 0.717) is 31.7 Å². The molecule has 1 aliphatic heterocycles. The molecule has 3 aromatic rings. The number of hydrogen-bond donors (Lipinski definition) is 1. The summed E-state index contributed by atoms with van der Waals surface area (Å²) in [6.45, 7) is 3.02. The molecule has 204 valence electrons. The zero-order chi connectivity index (χ0) is 27.2. The number of nitrogens with zero attached hydrogens (tertiary/aromatic N) is 2. The Balaban J connectivity index is 1.35. The first-order valence-electron chi connectivity index (χ1n) is 14.1. The van der Waals surface area contributed by atoms with Gasteiger partial charge in [-0.1, -0.05) is 44.0 Å². The Hall–Kier alpha value is -3.74. The molecule has 39 heavy (non-hydrogen) atoms. The van der Waals surface area contributed by atoms with E-state index in [9.17, 15) is 14.0 Å². The molecule has 2 aliphatic rings. The van der Waals surface area contributed by atoms with E-state index in [1.807, 2.05) is 48.2 Å². The summed E-state index contributed by atoms with van der Waals surface area (Å²) in [6.07, 6.45) is 7.03. The second-order valence-electron chi connectivity index (χ2n) is 10.5. The highest BCUT2D eigenvalue weighted by molar-refractivity contribution is 5.81. The predicted molar refractivity (Wildman–Crippen MR) is 148 cm³/mol. The van der Waals surface area contributed by atoms with Crippen molar-refractivity contribution in [3.63, 3.8) is 0 Å². The number of carbonyl (C=O) groups is 2. The van der Waals surface area contributed by atoms with Gasteiger partial charge in [-0.05, 0) is 78.8 Å². The highest BCUT2D eigenvalue weighted by Crippen LogP contribution is 2.40. The van der Waals surface area contributed by atoms with Crippen LogP contribution in [0.15, 0.2) is 66.9 Å². The molecule has 1 aliphatic carbocycles. The highest BCUT2D eigenvalue weighted by atomic mass is 19.1. The van der Waals surface area contributed by atoms with Crippen LogP contribution in [0.2, 0.25) is 0 Å². The number of benzene rings is 2. The van der Waals surface area contributed by atoms with Crippen molar-refractivity contribution in [2.75, 3.05) is 13.1 Å². The minimum atomic E-state index is -0.643. The Kier molecular flexibility index (Phi) is 8.54. The smallest absolute Gasteiger partial charge is 0.261 e. The van der Waals surface area contributed by atoms with E-state index in [0.717, 1.165) is 54.5 Å². The van der Waals surface area contributed by atoms with Gasteiger partial charge in [-0.3, -0.25) is 14.6 Å². The first-order chi connectivity index (χ1) is 19.0. The van der Waals surface area contributed by atoms with Crippen LogP contribution in [0.4, 0.5) is 4.39 Å². The van der Waals surface area contributed by atoms with Crippen LogP contribution in [0.1, 0.15) is 67.5 Å². The quantitative estimate of drug-likeness (QED) is 0.403. The molecule has 0 bridgehead atoms. The van der Waals surface area contributed by atoms with E-state index in [4.69, 9.17) is 4.74 Å². The summed E-state index contributed by atoms with van der Waals surface area (Å²) < 4.78 is 20.0. The third-order valence-electron chi connectivity index (χ3n) is 7.87. The Bertz CT molecular complexity index is 1280. The van der Waals surface area contributed by atoms with Crippen LogP contribution in [0, 0.1) is 11.7 Å². The first kappa shape index (κ1) is 26.9. The molecule has 2 atom stereocenters. The molecule has 1 aromatic heterocycles. The van der Waals surface area contributed by atoms with Crippen molar-refractivity contribution in [1.29, 1.82) is 0 Å². The molecule has 1 saturated carbocycles. The molecule has 1 fully saturated rings. The minimum Gasteiger partial charge on any atom is -0.481 e. The Morgan fingerprint density at radius 3 is 2.62 bits per heavy atom. The third kappa shape index (κ3) is 6.29. The van der Waals surface area contributed by atoms with Gasteiger partial charge in [-0.25, -0.2) is 4.39 Å². The van der Waals surface area contributed by atoms with Gasteiger partial charge in [0, 0.05) is 37.3 Å². The zero-order valence-electron chi connectivity index (χ0n) is 22.4. The van der Waals surface area contributed by atoms with Crippen molar-refractivity contribution in [3.8, 4) is 5.75 Å². The number of aromatic nitrogens is 1. The molecule has 0 spiro atoms. The maximum Gasteiger partial charge on any atom is 0.261 e. The zero-order valence-corrected chi connectivity index (χ0v) is 22.4. The molecule has 7 heteroatoms. The summed E-state index contributed by atoms with van der Waals surface area (Å²) >= 11 is 0. The Morgan fingerprint density at radius 2 is 1.90 bits per heavy atom. The standard InChI is InChI=1S/C32H36FN3O3/c1-2-29(31(37)35-19-16-26-9-5-6-18-34-26)39-27-15-12-22-17-20-36(32(38)24-7-3-4-8-24)30(28(22)21-27)23-10-13-25(33)14-11-23/h5-6,9-15,18,21,24,29-30H,2-4,7-8,16-17,19-20H2,1H3,(H,35,37)/t29-,30+/m1/s1. The molecular formula is C32H36FN3O3. The number of hydrogen-bond acceptors (Lipinski definition) is 4. The van der Waals surface area contributed by atoms with Crippen molar-refractivity contribution in [2.24, 2.45) is 5.92 Å². The van der Waals surface area contributed by atoms with Crippen molar-refractivity contribution in [2.45, 2.75) is 64.0 Å². The third-order valence-corrected chi connectivity index (χ3v) is 7.87. The Labute approximate surface area is 229 Å².